The number of Topliss-reactive ketones (excluding diaryl/α,β-unsaturated/α-hetero) is 1. The molecule has 14 atom stereocenters. The zero-order chi connectivity index (χ0) is 31.6. The van der Waals surface area contributed by atoms with Crippen LogP contribution in [0.25, 0.3) is 0 Å². The first-order valence-electron chi connectivity index (χ1n) is 16.7. The van der Waals surface area contributed by atoms with Gasteiger partial charge in [-0.15, -0.1) is 0 Å². The summed E-state index contributed by atoms with van der Waals surface area (Å²) in [6.07, 6.45) is 3.28. The third-order valence-corrected chi connectivity index (χ3v) is 11.4. The summed E-state index contributed by atoms with van der Waals surface area (Å²) in [5.41, 5.74) is -1.30. The Labute approximate surface area is 254 Å². The molecule has 0 unspecified atom stereocenters. The number of carbonyl (C=O) groups excluding carboxylic acids is 2. The van der Waals surface area contributed by atoms with Gasteiger partial charge in [0.2, 0.25) is 0 Å². The fraction of sp³-hybridized carbons (Fsp3) is 0.941. The molecule has 3 heterocycles. The molecule has 3 aliphatic rings. The van der Waals surface area contributed by atoms with Crippen LogP contribution >= 0.6 is 0 Å². The summed E-state index contributed by atoms with van der Waals surface area (Å²) in [4.78, 5) is 26.0. The quantitative estimate of drug-likeness (QED) is 0.285. The second-order valence-corrected chi connectivity index (χ2v) is 14.1. The van der Waals surface area contributed by atoms with Crippen LogP contribution in [0.1, 0.15) is 114 Å². The van der Waals surface area contributed by atoms with Gasteiger partial charge in [0, 0.05) is 17.8 Å². The van der Waals surface area contributed by atoms with Gasteiger partial charge in [-0.3, -0.25) is 9.59 Å². The van der Waals surface area contributed by atoms with E-state index in [-0.39, 0.29) is 78.3 Å². The molecule has 3 fully saturated rings. The van der Waals surface area contributed by atoms with E-state index in [1.807, 2.05) is 34.6 Å². The number of aliphatic hydroxyl groups excluding tert-OH is 1. The Bertz CT molecular complexity index is 910. The molecule has 0 bridgehead atoms. The van der Waals surface area contributed by atoms with Crippen LogP contribution in [0.4, 0.5) is 0 Å². The molecule has 8 nitrogen and oxygen atoms in total. The van der Waals surface area contributed by atoms with Crippen LogP contribution in [0.5, 0.6) is 0 Å². The van der Waals surface area contributed by atoms with Crippen molar-refractivity contribution in [3.8, 4) is 0 Å². The largest absolute Gasteiger partial charge is 0.469 e. The van der Waals surface area contributed by atoms with Gasteiger partial charge in [-0.05, 0) is 69.6 Å². The predicted molar refractivity (Wildman–Crippen MR) is 162 cm³/mol. The van der Waals surface area contributed by atoms with Crippen LogP contribution in [0, 0.1) is 35.5 Å². The first kappa shape index (κ1) is 35.4. The first-order chi connectivity index (χ1) is 19.7. The Morgan fingerprint density at radius 3 is 2.19 bits per heavy atom. The Balaban J connectivity index is 1.72. The number of ether oxygens (including phenoxy) is 4. The molecule has 0 aromatic rings. The smallest absolute Gasteiger partial charge is 0.308 e. The van der Waals surface area contributed by atoms with Crippen molar-refractivity contribution >= 4 is 11.8 Å². The summed E-state index contributed by atoms with van der Waals surface area (Å²) in [5.74, 6) is -0.923. The van der Waals surface area contributed by atoms with Crippen LogP contribution in [0.3, 0.4) is 0 Å². The van der Waals surface area contributed by atoms with Gasteiger partial charge in [0.15, 0.2) is 0 Å². The number of ketones is 1. The molecule has 0 radical (unpaired) electrons. The van der Waals surface area contributed by atoms with Gasteiger partial charge in [0.05, 0.1) is 61.4 Å². The molecule has 2 N–H and O–H groups in total. The number of hydrogen-bond acceptors (Lipinski definition) is 8. The van der Waals surface area contributed by atoms with E-state index in [1.165, 1.54) is 7.11 Å². The Kier molecular flexibility index (Phi) is 12.1. The second kappa shape index (κ2) is 14.4. The lowest BCUT2D eigenvalue weighted by molar-refractivity contribution is -0.229. The van der Waals surface area contributed by atoms with Crippen molar-refractivity contribution in [3.05, 3.63) is 0 Å². The number of esters is 1. The SMILES string of the molecule is CC[C@@H](C(=O)[C@H](C)[C@H](O)[C@@H](C)[C@H]1O[C@H](CC(=O)OC)[C@H](C)C[C@H]1C)[C@H]1O[C@](CC)([C@H]2CC[C@](O)(CC)[C@H](C)O2)C[C@@H]1C. The zero-order valence-electron chi connectivity index (χ0n) is 27.9. The summed E-state index contributed by atoms with van der Waals surface area (Å²) in [5, 5.41) is 22.5. The summed E-state index contributed by atoms with van der Waals surface area (Å²) in [6.45, 7) is 18.3. The molecule has 42 heavy (non-hydrogen) atoms. The van der Waals surface area contributed by atoms with E-state index in [0.717, 1.165) is 25.7 Å². The molecule has 0 amide bonds. The third kappa shape index (κ3) is 7.09. The predicted octanol–water partition coefficient (Wildman–Crippen LogP) is 5.49. The molecule has 244 valence electrons. The normalized spacial score (nSPS) is 42.0. The molecule has 0 aliphatic carbocycles. The maximum absolute atomic E-state index is 14.1. The van der Waals surface area contributed by atoms with E-state index < -0.39 is 23.2 Å². The van der Waals surface area contributed by atoms with Crippen molar-refractivity contribution in [2.45, 2.75) is 162 Å². The lowest BCUT2D eigenvalue weighted by Crippen LogP contribution is -2.55. The Morgan fingerprint density at radius 1 is 0.976 bits per heavy atom. The van der Waals surface area contributed by atoms with Crippen molar-refractivity contribution in [2.75, 3.05) is 7.11 Å². The minimum atomic E-state index is -0.881. The summed E-state index contributed by atoms with van der Waals surface area (Å²) in [6, 6.07) is 0. The highest BCUT2D eigenvalue weighted by Gasteiger charge is 2.55. The summed E-state index contributed by atoms with van der Waals surface area (Å²) < 4.78 is 24.6. The molecule has 8 heteroatoms. The lowest BCUT2D eigenvalue weighted by atomic mass is 9.74. The van der Waals surface area contributed by atoms with Crippen LogP contribution in [-0.4, -0.2) is 76.9 Å². The molecule has 3 aliphatic heterocycles. The van der Waals surface area contributed by atoms with Crippen molar-refractivity contribution in [3.63, 3.8) is 0 Å². The van der Waals surface area contributed by atoms with Gasteiger partial charge in [0.25, 0.3) is 0 Å². The van der Waals surface area contributed by atoms with Gasteiger partial charge in [-0.2, -0.15) is 0 Å². The van der Waals surface area contributed by atoms with Crippen molar-refractivity contribution < 1.29 is 38.7 Å². The Hall–Kier alpha value is -1.06. The molecule has 0 aromatic heterocycles. The van der Waals surface area contributed by atoms with Crippen molar-refractivity contribution in [2.24, 2.45) is 35.5 Å². The first-order valence-corrected chi connectivity index (χ1v) is 16.7. The van der Waals surface area contributed by atoms with Crippen LogP contribution in [0.15, 0.2) is 0 Å². The highest BCUT2D eigenvalue weighted by molar-refractivity contribution is 5.84. The molecule has 0 saturated carbocycles. The topological polar surface area (TPSA) is 112 Å². The maximum Gasteiger partial charge on any atom is 0.308 e. The number of methoxy groups -OCH3 is 1. The highest BCUT2D eigenvalue weighted by atomic mass is 16.6. The van der Waals surface area contributed by atoms with Gasteiger partial charge in [-0.1, -0.05) is 55.4 Å². The van der Waals surface area contributed by atoms with E-state index in [1.54, 1.807) is 0 Å². The monoisotopic (exact) mass is 596 g/mol. The lowest BCUT2D eigenvalue weighted by Gasteiger charge is -2.47. The van der Waals surface area contributed by atoms with E-state index in [2.05, 4.69) is 27.7 Å². The molecule has 3 rings (SSSR count). The maximum atomic E-state index is 14.1. The van der Waals surface area contributed by atoms with E-state index in [0.29, 0.717) is 19.3 Å². The standard InChI is InChI=1S/C34H60O8/c1-11-25(32-21(6)18-34(13-3,42-32)27-14-15-33(38,12-2)24(9)40-27)30(37)22(7)29(36)23(8)31-20(5)16-19(4)26(41-31)17-28(35)39-10/h19-27,29,31-32,36,38H,11-18H2,1-10H3/t19-,20-,21+,22-,23-,24+,25+,26-,27-,29+,31+,32+,33-,34+/m1/s1. The van der Waals surface area contributed by atoms with Gasteiger partial charge < -0.3 is 29.2 Å². The number of carbonyl (C=O) groups is 2. The molecular weight excluding hydrogens is 536 g/mol. The fourth-order valence-corrected chi connectivity index (χ4v) is 8.35. The third-order valence-electron chi connectivity index (χ3n) is 11.4. The summed E-state index contributed by atoms with van der Waals surface area (Å²) >= 11 is 0. The Morgan fingerprint density at radius 2 is 1.64 bits per heavy atom. The highest BCUT2D eigenvalue weighted by Crippen LogP contribution is 2.48. The average molecular weight is 597 g/mol. The van der Waals surface area contributed by atoms with E-state index >= 15 is 0 Å². The van der Waals surface area contributed by atoms with Crippen molar-refractivity contribution in [1.82, 2.24) is 0 Å². The van der Waals surface area contributed by atoms with Gasteiger partial charge in [0.1, 0.15) is 5.78 Å². The zero-order valence-corrected chi connectivity index (χ0v) is 27.9. The summed E-state index contributed by atoms with van der Waals surface area (Å²) in [7, 11) is 1.38. The molecule has 0 spiro atoms. The van der Waals surface area contributed by atoms with Crippen LogP contribution in [0.2, 0.25) is 0 Å². The van der Waals surface area contributed by atoms with Crippen LogP contribution in [-0.2, 0) is 28.5 Å². The molecular formula is C34H60O8. The number of hydrogen-bond donors (Lipinski definition) is 2. The molecule has 0 aromatic carbocycles. The van der Waals surface area contributed by atoms with Gasteiger partial charge in [-0.25, -0.2) is 0 Å². The minimum Gasteiger partial charge on any atom is -0.469 e. The number of aliphatic hydroxyl groups is 2. The van der Waals surface area contributed by atoms with Crippen LogP contribution < -0.4 is 0 Å². The van der Waals surface area contributed by atoms with Gasteiger partial charge >= 0.3 is 5.97 Å². The second-order valence-electron chi connectivity index (χ2n) is 14.1. The van der Waals surface area contributed by atoms with Crippen molar-refractivity contribution in [1.29, 1.82) is 0 Å². The van der Waals surface area contributed by atoms with E-state index in [9.17, 15) is 19.8 Å². The molecule has 3 saturated heterocycles. The minimum absolute atomic E-state index is 0.0295. The van der Waals surface area contributed by atoms with E-state index in [4.69, 9.17) is 18.9 Å². The average Bonchev–Trinajstić information content (AvgIpc) is 3.31. The fourth-order valence-electron chi connectivity index (χ4n) is 8.35. The number of rotatable bonds is 12.